The Morgan fingerprint density at radius 1 is 0.741 bits per heavy atom. The first-order valence-electron chi connectivity index (χ1n) is 9.20. The van der Waals surface area contributed by atoms with Crippen LogP contribution in [0.4, 0.5) is 0 Å². The van der Waals surface area contributed by atoms with Crippen LogP contribution in [-0.4, -0.2) is 24.9 Å². The van der Waals surface area contributed by atoms with Crippen LogP contribution in [-0.2, 0) is 4.79 Å². The summed E-state index contributed by atoms with van der Waals surface area (Å²) in [5.41, 5.74) is 4.45. The molecule has 0 aromatic heterocycles. The highest BCUT2D eigenvalue weighted by molar-refractivity contribution is 5.83. The minimum absolute atomic E-state index is 0.0363. The minimum atomic E-state index is -0.423. The normalized spacial score (nSPS) is 13.0. The number of aryl methyl sites for hydroxylation is 1. The quantitative estimate of drug-likeness (QED) is 0.703. The third-order valence-corrected chi connectivity index (χ3v) is 4.70. The predicted octanol–water partition coefficient (Wildman–Crippen LogP) is 4.50. The van der Waals surface area contributed by atoms with E-state index in [2.05, 4.69) is 48.6 Å². The summed E-state index contributed by atoms with van der Waals surface area (Å²) in [6.07, 6.45) is 0. The van der Waals surface area contributed by atoms with Crippen molar-refractivity contribution in [2.24, 2.45) is 0 Å². The van der Waals surface area contributed by atoms with Crippen molar-refractivity contribution in [1.29, 1.82) is 0 Å². The molecule has 3 nitrogen and oxygen atoms in total. The van der Waals surface area contributed by atoms with Gasteiger partial charge in [-0.3, -0.25) is 10.1 Å². The molecule has 0 unspecified atom stereocenters. The van der Waals surface area contributed by atoms with Gasteiger partial charge in [0.05, 0.1) is 6.04 Å². The van der Waals surface area contributed by atoms with Gasteiger partial charge in [0, 0.05) is 14.1 Å². The van der Waals surface area contributed by atoms with Gasteiger partial charge in [0.1, 0.15) is 6.04 Å². The molecule has 27 heavy (non-hydrogen) atoms. The van der Waals surface area contributed by atoms with Crippen LogP contribution >= 0.6 is 0 Å². The van der Waals surface area contributed by atoms with E-state index in [0.29, 0.717) is 0 Å². The number of amides is 1. The largest absolute Gasteiger partial charge is 0.347 e. The van der Waals surface area contributed by atoms with Crippen molar-refractivity contribution in [1.82, 2.24) is 10.2 Å². The molecular weight excluding hydrogens is 332 g/mol. The molecule has 2 atom stereocenters. The number of carbonyl (C=O) groups excluding carboxylic acids is 1. The van der Waals surface area contributed by atoms with E-state index >= 15 is 0 Å². The molecular formula is C24H26N2O. The van der Waals surface area contributed by atoms with E-state index in [0.717, 1.165) is 16.7 Å². The smallest absolute Gasteiger partial charge is 0.243 e. The van der Waals surface area contributed by atoms with Gasteiger partial charge in [-0.1, -0.05) is 90.5 Å². The monoisotopic (exact) mass is 358 g/mol. The average Bonchev–Trinajstić information content (AvgIpc) is 2.70. The lowest BCUT2D eigenvalue weighted by Crippen LogP contribution is -2.39. The number of hydrogen-bond acceptors (Lipinski definition) is 2. The molecule has 1 N–H and O–H groups in total. The van der Waals surface area contributed by atoms with Crippen molar-refractivity contribution in [2.75, 3.05) is 14.1 Å². The molecule has 1 amide bonds. The summed E-state index contributed by atoms with van der Waals surface area (Å²) in [7, 11) is 3.59. The Hall–Kier alpha value is -2.91. The number of nitrogens with one attached hydrogen (secondary N) is 1. The molecule has 138 valence electrons. The second-order valence-corrected chi connectivity index (χ2v) is 7.00. The van der Waals surface area contributed by atoms with Crippen LogP contribution in [0.2, 0.25) is 0 Å². The number of rotatable bonds is 6. The molecule has 0 aliphatic carbocycles. The van der Waals surface area contributed by atoms with Gasteiger partial charge >= 0.3 is 0 Å². The summed E-state index contributed by atoms with van der Waals surface area (Å²) < 4.78 is 0. The van der Waals surface area contributed by atoms with Gasteiger partial charge < -0.3 is 4.90 Å². The lowest BCUT2D eigenvalue weighted by molar-refractivity contribution is -0.131. The Bertz CT molecular complexity index is 858. The molecule has 0 spiro atoms. The lowest BCUT2D eigenvalue weighted by Gasteiger charge is -2.28. The fourth-order valence-corrected chi connectivity index (χ4v) is 3.17. The summed E-state index contributed by atoms with van der Waals surface area (Å²) in [5, 5.41) is 3.61. The Labute approximate surface area is 161 Å². The van der Waals surface area contributed by atoms with Crippen molar-refractivity contribution in [3.8, 4) is 0 Å². The zero-order valence-electron chi connectivity index (χ0n) is 16.1. The molecule has 0 saturated carbocycles. The van der Waals surface area contributed by atoms with Gasteiger partial charge in [-0.2, -0.15) is 0 Å². The highest BCUT2D eigenvalue weighted by Crippen LogP contribution is 2.27. The van der Waals surface area contributed by atoms with E-state index < -0.39 is 6.04 Å². The van der Waals surface area contributed by atoms with Crippen LogP contribution in [0.1, 0.15) is 34.3 Å². The van der Waals surface area contributed by atoms with Gasteiger partial charge in [-0.15, -0.1) is 0 Å². The molecule has 3 heteroatoms. The Kier molecular flexibility index (Phi) is 6.05. The van der Waals surface area contributed by atoms with Crippen molar-refractivity contribution < 1.29 is 4.79 Å². The van der Waals surface area contributed by atoms with E-state index in [1.807, 2.05) is 48.5 Å². The van der Waals surface area contributed by atoms with E-state index in [1.54, 1.807) is 19.0 Å². The maximum absolute atomic E-state index is 13.0. The SMILES string of the molecule is Cc1ccc([C@H](N[C@H](C(=O)N(C)C)c2ccccc2)c2ccccc2)cc1. The summed E-state index contributed by atoms with van der Waals surface area (Å²) in [4.78, 5) is 14.6. The molecule has 3 aromatic carbocycles. The Balaban J connectivity index is 2.02. The average molecular weight is 358 g/mol. The first kappa shape index (κ1) is 18.9. The molecule has 0 bridgehead atoms. The van der Waals surface area contributed by atoms with Crippen molar-refractivity contribution >= 4 is 5.91 Å². The fraction of sp³-hybridized carbons (Fsp3) is 0.208. The number of likely N-dealkylation sites (N-methyl/N-ethyl adjacent to an activating group) is 1. The summed E-state index contributed by atoms with van der Waals surface area (Å²) in [6, 6.07) is 28.1. The van der Waals surface area contributed by atoms with Gasteiger partial charge in [-0.05, 0) is 23.6 Å². The Morgan fingerprint density at radius 2 is 1.22 bits per heavy atom. The van der Waals surface area contributed by atoms with Crippen LogP contribution in [0.25, 0.3) is 0 Å². The molecule has 3 aromatic rings. The maximum atomic E-state index is 13.0. The number of carbonyl (C=O) groups is 1. The number of nitrogens with zero attached hydrogens (tertiary/aromatic N) is 1. The van der Waals surface area contributed by atoms with E-state index in [9.17, 15) is 4.79 Å². The van der Waals surface area contributed by atoms with E-state index in [1.165, 1.54) is 5.56 Å². The summed E-state index contributed by atoms with van der Waals surface area (Å²) >= 11 is 0. The van der Waals surface area contributed by atoms with Crippen molar-refractivity contribution in [3.05, 3.63) is 107 Å². The predicted molar refractivity (Wildman–Crippen MR) is 110 cm³/mol. The molecule has 0 radical (unpaired) electrons. The first-order valence-corrected chi connectivity index (χ1v) is 9.20. The van der Waals surface area contributed by atoms with Crippen molar-refractivity contribution in [2.45, 2.75) is 19.0 Å². The standard InChI is InChI=1S/C24H26N2O/c1-18-14-16-21(17-15-18)22(19-10-6-4-7-11-19)25-23(24(27)26(2)3)20-12-8-5-9-13-20/h4-17,22-23,25H,1-3H3/t22-,23+/m1/s1. The Morgan fingerprint density at radius 3 is 1.74 bits per heavy atom. The van der Waals surface area contributed by atoms with Gasteiger partial charge in [0.15, 0.2) is 0 Å². The molecule has 0 heterocycles. The summed E-state index contributed by atoms with van der Waals surface area (Å²) in [6.45, 7) is 2.08. The van der Waals surface area contributed by atoms with E-state index in [-0.39, 0.29) is 11.9 Å². The highest BCUT2D eigenvalue weighted by atomic mass is 16.2. The van der Waals surface area contributed by atoms with Crippen LogP contribution in [0.15, 0.2) is 84.9 Å². The third-order valence-electron chi connectivity index (χ3n) is 4.70. The van der Waals surface area contributed by atoms with Gasteiger partial charge in [-0.25, -0.2) is 0 Å². The van der Waals surface area contributed by atoms with Gasteiger partial charge in [0.2, 0.25) is 5.91 Å². The molecule has 0 saturated heterocycles. The van der Waals surface area contributed by atoms with Crippen LogP contribution in [0, 0.1) is 6.92 Å². The van der Waals surface area contributed by atoms with Crippen LogP contribution < -0.4 is 5.32 Å². The minimum Gasteiger partial charge on any atom is -0.347 e. The zero-order chi connectivity index (χ0) is 19.2. The lowest BCUT2D eigenvalue weighted by atomic mass is 9.95. The highest BCUT2D eigenvalue weighted by Gasteiger charge is 2.26. The number of hydrogen-bond donors (Lipinski definition) is 1. The molecule has 0 aliphatic heterocycles. The first-order chi connectivity index (χ1) is 13.1. The van der Waals surface area contributed by atoms with Gasteiger partial charge in [0.25, 0.3) is 0 Å². The topological polar surface area (TPSA) is 32.3 Å². The third kappa shape index (κ3) is 4.63. The zero-order valence-corrected chi connectivity index (χ0v) is 16.1. The van der Waals surface area contributed by atoms with Crippen LogP contribution in [0.3, 0.4) is 0 Å². The summed E-state index contributed by atoms with van der Waals surface area (Å²) in [5.74, 6) is 0.0363. The molecule has 0 fully saturated rings. The maximum Gasteiger partial charge on any atom is 0.243 e. The molecule has 0 aliphatic rings. The van der Waals surface area contributed by atoms with Crippen molar-refractivity contribution in [3.63, 3.8) is 0 Å². The number of benzene rings is 3. The molecule has 3 rings (SSSR count). The second kappa shape index (κ2) is 8.65. The van der Waals surface area contributed by atoms with E-state index in [4.69, 9.17) is 0 Å². The fourth-order valence-electron chi connectivity index (χ4n) is 3.17. The second-order valence-electron chi connectivity index (χ2n) is 7.00. The van der Waals surface area contributed by atoms with Crippen LogP contribution in [0.5, 0.6) is 0 Å².